The van der Waals surface area contributed by atoms with Crippen molar-refractivity contribution in [2.24, 2.45) is 0 Å². The number of H-pyrrole nitrogens is 1. The van der Waals surface area contributed by atoms with E-state index in [0.29, 0.717) is 24.9 Å². The summed E-state index contributed by atoms with van der Waals surface area (Å²) in [5.41, 5.74) is 4.86. The van der Waals surface area contributed by atoms with Crippen molar-refractivity contribution in [3.05, 3.63) is 81.1 Å². The smallest absolute Gasteiger partial charge is 0.251 e. The first-order chi connectivity index (χ1) is 12.5. The lowest BCUT2D eigenvalue weighted by molar-refractivity contribution is -0.121. The van der Waals surface area contributed by atoms with Gasteiger partial charge in [0.25, 0.3) is 5.56 Å². The Bertz CT molecular complexity index is 975. The first-order valence-electron chi connectivity index (χ1n) is 8.97. The normalized spacial score (nSPS) is 10.8. The molecule has 0 aliphatic rings. The van der Waals surface area contributed by atoms with Gasteiger partial charge in [0, 0.05) is 18.5 Å². The molecule has 0 aliphatic carbocycles. The molecule has 4 heteroatoms. The third-order valence-electron chi connectivity index (χ3n) is 4.83. The third kappa shape index (κ3) is 4.20. The van der Waals surface area contributed by atoms with Gasteiger partial charge in [-0.3, -0.25) is 9.59 Å². The zero-order valence-corrected chi connectivity index (χ0v) is 15.3. The molecule has 0 spiro atoms. The van der Waals surface area contributed by atoms with E-state index in [1.54, 1.807) is 0 Å². The van der Waals surface area contributed by atoms with Crippen LogP contribution >= 0.6 is 0 Å². The van der Waals surface area contributed by atoms with Gasteiger partial charge in [0.05, 0.1) is 5.52 Å². The van der Waals surface area contributed by atoms with Gasteiger partial charge in [0.1, 0.15) is 0 Å². The van der Waals surface area contributed by atoms with Gasteiger partial charge in [-0.2, -0.15) is 0 Å². The molecule has 0 fully saturated rings. The van der Waals surface area contributed by atoms with Gasteiger partial charge in [-0.25, -0.2) is 0 Å². The topological polar surface area (TPSA) is 62.0 Å². The van der Waals surface area contributed by atoms with E-state index < -0.39 is 0 Å². The monoisotopic (exact) mass is 348 g/mol. The molecule has 0 unspecified atom stereocenters. The third-order valence-corrected chi connectivity index (χ3v) is 4.83. The van der Waals surface area contributed by atoms with Crippen LogP contribution in [0.3, 0.4) is 0 Å². The van der Waals surface area contributed by atoms with E-state index >= 15 is 0 Å². The summed E-state index contributed by atoms with van der Waals surface area (Å²) in [7, 11) is 0. The summed E-state index contributed by atoms with van der Waals surface area (Å²) in [4.78, 5) is 27.3. The number of carbonyl (C=O) groups is 1. The van der Waals surface area contributed by atoms with Crippen LogP contribution in [0.4, 0.5) is 0 Å². The molecule has 3 rings (SSSR count). The standard InChI is InChI=1S/C22H24N2O2/c1-15-8-9-18-14-19(22(26)24-21(18)16(15)2)10-11-20(25)23-13-12-17-6-4-3-5-7-17/h3-9,14H,10-13H2,1-2H3,(H,23,25)(H,24,26). The maximum Gasteiger partial charge on any atom is 0.251 e. The van der Waals surface area contributed by atoms with E-state index in [-0.39, 0.29) is 11.5 Å². The van der Waals surface area contributed by atoms with Crippen molar-refractivity contribution in [3.63, 3.8) is 0 Å². The molecule has 26 heavy (non-hydrogen) atoms. The fourth-order valence-corrected chi connectivity index (χ4v) is 3.08. The Morgan fingerprint density at radius 2 is 1.81 bits per heavy atom. The Morgan fingerprint density at radius 3 is 2.58 bits per heavy atom. The van der Waals surface area contributed by atoms with Crippen molar-refractivity contribution in [2.45, 2.75) is 33.1 Å². The Labute approximate surface area is 153 Å². The van der Waals surface area contributed by atoms with Gasteiger partial charge >= 0.3 is 0 Å². The number of aryl methyl sites for hydroxylation is 3. The number of amides is 1. The molecule has 0 saturated heterocycles. The molecule has 2 N–H and O–H groups in total. The molecule has 0 atom stereocenters. The molecule has 2 aromatic carbocycles. The fourth-order valence-electron chi connectivity index (χ4n) is 3.08. The number of hydrogen-bond acceptors (Lipinski definition) is 2. The first kappa shape index (κ1) is 17.9. The fraction of sp³-hybridized carbons (Fsp3) is 0.273. The average molecular weight is 348 g/mol. The van der Waals surface area contributed by atoms with Crippen LogP contribution in [0.15, 0.2) is 53.3 Å². The number of fused-ring (bicyclic) bond motifs is 1. The second-order valence-electron chi connectivity index (χ2n) is 6.68. The number of aromatic amines is 1. The quantitative estimate of drug-likeness (QED) is 0.717. The number of pyridine rings is 1. The number of benzene rings is 2. The van der Waals surface area contributed by atoms with Crippen LogP contribution in [0.5, 0.6) is 0 Å². The lowest BCUT2D eigenvalue weighted by Crippen LogP contribution is -2.26. The van der Waals surface area contributed by atoms with Crippen LogP contribution < -0.4 is 10.9 Å². The van der Waals surface area contributed by atoms with Crippen LogP contribution in [-0.2, 0) is 17.6 Å². The number of aromatic nitrogens is 1. The summed E-state index contributed by atoms with van der Waals surface area (Å²) in [5.74, 6) is -0.0273. The summed E-state index contributed by atoms with van der Waals surface area (Å²) < 4.78 is 0. The second-order valence-corrected chi connectivity index (χ2v) is 6.68. The highest BCUT2D eigenvalue weighted by Gasteiger charge is 2.08. The molecule has 1 amide bonds. The predicted molar refractivity (Wildman–Crippen MR) is 106 cm³/mol. The molecule has 0 saturated carbocycles. The van der Waals surface area contributed by atoms with Crippen molar-refractivity contribution < 1.29 is 4.79 Å². The van der Waals surface area contributed by atoms with E-state index in [2.05, 4.69) is 16.4 Å². The molecule has 0 aliphatic heterocycles. The summed E-state index contributed by atoms with van der Waals surface area (Å²) in [6.07, 6.45) is 1.56. The van der Waals surface area contributed by atoms with Crippen LogP contribution in [0.1, 0.15) is 28.7 Å². The summed E-state index contributed by atoms with van der Waals surface area (Å²) in [6.45, 7) is 4.64. The van der Waals surface area contributed by atoms with Crippen molar-refractivity contribution in [1.82, 2.24) is 10.3 Å². The highest BCUT2D eigenvalue weighted by molar-refractivity contribution is 5.83. The maximum absolute atomic E-state index is 12.3. The Kier molecular flexibility index (Phi) is 5.52. The van der Waals surface area contributed by atoms with Crippen LogP contribution in [-0.4, -0.2) is 17.4 Å². The van der Waals surface area contributed by atoms with E-state index in [4.69, 9.17) is 0 Å². The molecule has 3 aromatic rings. The van der Waals surface area contributed by atoms with Gasteiger partial charge in [0.2, 0.25) is 5.91 Å². The van der Waals surface area contributed by atoms with E-state index in [1.807, 2.05) is 56.3 Å². The minimum absolute atomic E-state index is 0.0273. The predicted octanol–water partition coefficient (Wildman–Crippen LogP) is 3.44. The minimum atomic E-state index is -0.108. The molecule has 134 valence electrons. The minimum Gasteiger partial charge on any atom is -0.356 e. The maximum atomic E-state index is 12.3. The highest BCUT2D eigenvalue weighted by atomic mass is 16.1. The largest absolute Gasteiger partial charge is 0.356 e. The van der Waals surface area contributed by atoms with E-state index in [9.17, 15) is 9.59 Å². The van der Waals surface area contributed by atoms with Crippen LogP contribution in [0.2, 0.25) is 0 Å². The van der Waals surface area contributed by atoms with E-state index in [0.717, 1.165) is 28.5 Å². The summed E-state index contributed by atoms with van der Waals surface area (Å²) >= 11 is 0. The number of nitrogens with one attached hydrogen (secondary N) is 2. The molecule has 1 heterocycles. The molecule has 1 aromatic heterocycles. The summed E-state index contributed by atoms with van der Waals surface area (Å²) in [6, 6.07) is 16.0. The van der Waals surface area contributed by atoms with Crippen molar-refractivity contribution in [2.75, 3.05) is 6.54 Å². The Balaban J connectivity index is 1.59. The van der Waals surface area contributed by atoms with Crippen molar-refractivity contribution in [1.29, 1.82) is 0 Å². The number of hydrogen-bond donors (Lipinski definition) is 2. The Morgan fingerprint density at radius 1 is 1.04 bits per heavy atom. The molecule has 0 bridgehead atoms. The molecular weight excluding hydrogens is 324 g/mol. The Hall–Kier alpha value is -2.88. The lowest BCUT2D eigenvalue weighted by atomic mass is 10.0. The van der Waals surface area contributed by atoms with Gasteiger partial charge < -0.3 is 10.3 Å². The molecule has 4 nitrogen and oxygen atoms in total. The van der Waals surface area contributed by atoms with Crippen LogP contribution in [0, 0.1) is 13.8 Å². The lowest BCUT2D eigenvalue weighted by Gasteiger charge is -2.08. The van der Waals surface area contributed by atoms with Gasteiger partial charge in [-0.05, 0) is 54.8 Å². The highest BCUT2D eigenvalue weighted by Crippen LogP contribution is 2.19. The zero-order valence-electron chi connectivity index (χ0n) is 15.3. The first-order valence-corrected chi connectivity index (χ1v) is 8.97. The van der Waals surface area contributed by atoms with Gasteiger partial charge in [0.15, 0.2) is 0 Å². The van der Waals surface area contributed by atoms with Crippen molar-refractivity contribution in [3.8, 4) is 0 Å². The second kappa shape index (κ2) is 8.00. The van der Waals surface area contributed by atoms with Gasteiger partial charge in [-0.15, -0.1) is 0 Å². The number of rotatable bonds is 6. The number of carbonyl (C=O) groups excluding carboxylic acids is 1. The zero-order chi connectivity index (χ0) is 18.5. The average Bonchev–Trinajstić information content (AvgIpc) is 2.65. The SMILES string of the molecule is Cc1ccc2cc(CCC(=O)NCCc3ccccc3)c(=O)[nH]c2c1C. The van der Waals surface area contributed by atoms with Crippen LogP contribution in [0.25, 0.3) is 10.9 Å². The van der Waals surface area contributed by atoms with E-state index in [1.165, 1.54) is 5.56 Å². The van der Waals surface area contributed by atoms with Gasteiger partial charge in [-0.1, -0.05) is 42.5 Å². The van der Waals surface area contributed by atoms with Crippen molar-refractivity contribution >= 4 is 16.8 Å². The molecule has 0 radical (unpaired) electrons. The summed E-state index contributed by atoms with van der Waals surface area (Å²) in [5, 5.41) is 3.93. The molecular formula is C22H24N2O2.